The summed E-state index contributed by atoms with van der Waals surface area (Å²) in [6, 6.07) is 13.3. The quantitative estimate of drug-likeness (QED) is 0.887. The zero-order chi connectivity index (χ0) is 15.9. The fraction of sp³-hybridized carbons (Fsp3) is 0.278. The van der Waals surface area contributed by atoms with Crippen LogP contribution < -0.4 is 0 Å². The molecule has 0 saturated carbocycles. The number of aromatic hydroxyl groups is 1. The highest BCUT2D eigenvalue weighted by Crippen LogP contribution is 2.14. The van der Waals surface area contributed by atoms with Crippen LogP contribution in [0.1, 0.15) is 24.5 Å². The van der Waals surface area contributed by atoms with Gasteiger partial charge in [0.05, 0.1) is 0 Å². The summed E-state index contributed by atoms with van der Waals surface area (Å²) in [6.45, 7) is 2.72. The van der Waals surface area contributed by atoms with Crippen LogP contribution in [-0.4, -0.2) is 22.5 Å². The maximum Gasteiger partial charge on any atom is 0.223 e. The van der Waals surface area contributed by atoms with E-state index in [2.05, 4.69) is 0 Å². The molecule has 0 radical (unpaired) electrons. The molecule has 0 unspecified atom stereocenters. The van der Waals surface area contributed by atoms with Crippen molar-refractivity contribution < 1.29 is 14.3 Å². The number of halogens is 1. The van der Waals surface area contributed by atoms with E-state index in [4.69, 9.17) is 0 Å². The summed E-state index contributed by atoms with van der Waals surface area (Å²) in [5, 5.41) is 9.24. The lowest BCUT2D eigenvalue weighted by molar-refractivity contribution is -0.131. The molecule has 116 valence electrons. The van der Waals surface area contributed by atoms with Gasteiger partial charge >= 0.3 is 0 Å². The molecule has 1 N–H and O–H groups in total. The zero-order valence-electron chi connectivity index (χ0n) is 12.6. The first-order chi connectivity index (χ1) is 10.6. The van der Waals surface area contributed by atoms with Gasteiger partial charge in [0.2, 0.25) is 5.91 Å². The first-order valence-electron chi connectivity index (χ1n) is 7.39. The predicted octanol–water partition coefficient (Wildman–Crippen LogP) is 3.51. The van der Waals surface area contributed by atoms with Crippen molar-refractivity contribution in [3.63, 3.8) is 0 Å². The minimum absolute atomic E-state index is 0.00109. The summed E-state index contributed by atoms with van der Waals surface area (Å²) in [7, 11) is 0. The molecule has 0 atom stereocenters. The van der Waals surface area contributed by atoms with Gasteiger partial charge < -0.3 is 10.0 Å². The van der Waals surface area contributed by atoms with Crippen molar-refractivity contribution in [2.75, 3.05) is 6.54 Å². The number of phenols is 1. The maximum absolute atomic E-state index is 13.7. The molecule has 4 heteroatoms. The van der Waals surface area contributed by atoms with Crippen molar-refractivity contribution in [2.24, 2.45) is 0 Å². The SMILES string of the molecule is CCN(Cc1ccccc1F)C(=O)CCc1ccc(O)cc1. The molecule has 0 bridgehead atoms. The summed E-state index contributed by atoms with van der Waals surface area (Å²) in [4.78, 5) is 13.9. The summed E-state index contributed by atoms with van der Waals surface area (Å²) < 4.78 is 13.7. The molecule has 2 aromatic carbocycles. The first-order valence-corrected chi connectivity index (χ1v) is 7.39. The van der Waals surface area contributed by atoms with Crippen molar-refractivity contribution in [2.45, 2.75) is 26.3 Å². The van der Waals surface area contributed by atoms with Crippen LogP contribution in [0.5, 0.6) is 5.75 Å². The van der Waals surface area contributed by atoms with Crippen LogP contribution in [0.2, 0.25) is 0 Å². The number of nitrogens with zero attached hydrogens (tertiary/aromatic N) is 1. The van der Waals surface area contributed by atoms with Crippen LogP contribution >= 0.6 is 0 Å². The number of benzene rings is 2. The van der Waals surface area contributed by atoms with Gasteiger partial charge in [-0.3, -0.25) is 4.79 Å². The van der Waals surface area contributed by atoms with Crippen molar-refractivity contribution in [3.05, 3.63) is 65.5 Å². The molecule has 0 aliphatic heterocycles. The highest BCUT2D eigenvalue weighted by molar-refractivity contribution is 5.76. The van der Waals surface area contributed by atoms with Crippen LogP contribution in [0, 0.1) is 5.82 Å². The number of hydrogen-bond acceptors (Lipinski definition) is 2. The lowest BCUT2D eigenvalue weighted by Crippen LogP contribution is -2.30. The van der Waals surface area contributed by atoms with Crippen molar-refractivity contribution >= 4 is 5.91 Å². The van der Waals surface area contributed by atoms with Gasteiger partial charge in [0, 0.05) is 25.1 Å². The molecule has 3 nitrogen and oxygen atoms in total. The van der Waals surface area contributed by atoms with Gasteiger partial charge in [0.1, 0.15) is 11.6 Å². The van der Waals surface area contributed by atoms with E-state index < -0.39 is 0 Å². The number of carbonyl (C=O) groups excluding carboxylic acids is 1. The normalized spacial score (nSPS) is 10.5. The Bertz CT molecular complexity index is 625. The highest BCUT2D eigenvalue weighted by atomic mass is 19.1. The topological polar surface area (TPSA) is 40.5 Å². The Morgan fingerprint density at radius 3 is 2.45 bits per heavy atom. The monoisotopic (exact) mass is 301 g/mol. The number of hydrogen-bond donors (Lipinski definition) is 1. The van der Waals surface area contributed by atoms with E-state index in [1.165, 1.54) is 6.07 Å². The molecule has 2 aromatic rings. The second kappa shape index (κ2) is 7.59. The fourth-order valence-corrected chi connectivity index (χ4v) is 2.28. The standard InChI is InChI=1S/C18H20FNO2/c1-2-20(13-15-5-3-4-6-17(15)19)18(22)12-9-14-7-10-16(21)11-8-14/h3-8,10-11,21H,2,9,12-13H2,1H3. The van der Waals surface area contributed by atoms with Gasteiger partial charge in [-0.1, -0.05) is 30.3 Å². The summed E-state index contributed by atoms with van der Waals surface area (Å²) in [5.41, 5.74) is 1.52. The van der Waals surface area contributed by atoms with E-state index in [0.29, 0.717) is 24.9 Å². The molecule has 0 saturated heterocycles. The molecule has 2 rings (SSSR count). The van der Waals surface area contributed by atoms with E-state index >= 15 is 0 Å². The van der Waals surface area contributed by atoms with E-state index in [1.54, 1.807) is 47.4 Å². The molecular weight excluding hydrogens is 281 g/mol. The predicted molar refractivity (Wildman–Crippen MR) is 83.9 cm³/mol. The molecule has 0 heterocycles. The van der Waals surface area contributed by atoms with Crippen LogP contribution in [-0.2, 0) is 17.8 Å². The Morgan fingerprint density at radius 2 is 1.82 bits per heavy atom. The lowest BCUT2D eigenvalue weighted by Gasteiger charge is -2.21. The second-order valence-corrected chi connectivity index (χ2v) is 5.17. The van der Waals surface area contributed by atoms with E-state index in [1.807, 2.05) is 6.92 Å². The van der Waals surface area contributed by atoms with Crippen LogP contribution in [0.3, 0.4) is 0 Å². The summed E-state index contributed by atoms with van der Waals surface area (Å²) in [6.07, 6.45) is 0.972. The van der Waals surface area contributed by atoms with Crippen LogP contribution in [0.15, 0.2) is 48.5 Å². The summed E-state index contributed by atoms with van der Waals surface area (Å²) >= 11 is 0. The second-order valence-electron chi connectivity index (χ2n) is 5.17. The van der Waals surface area contributed by atoms with Crippen molar-refractivity contribution in [3.8, 4) is 5.75 Å². The minimum Gasteiger partial charge on any atom is -0.508 e. The Morgan fingerprint density at radius 1 is 1.14 bits per heavy atom. The lowest BCUT2D eigenvalue weighted by atomic mass is 10.1. The van der Waals surface area contributed by atoms with Gasteiger partial charge in [-0.15, -0.1) is 0 Å². The number of rotatable bonds is 6. The smallest absolute Gasteiger partial charge is 0.223 e. The molecule has 0 spiro atoms. The number of aryl methyl sites for hydroxylation is 1. The molecule has 1 amide bonds. The largest absolute Gasteiger partial charge is 0.508 e. The van der Waals surface area contributed by atoms with Crippen LogP contribution in [0.4, 0.5) is 4.39 Å². The Hall–Kier alpha value is -2.36. The number of carbonyl (C=O) groups is 1. The summed E-state index contributed by atoms with van der Waals surface area (Å²) in [5.74, 6) is -0.0732. The average molecular weight is 301 g/mol. The van der Waals surface area contributed by atoms with E-state index in [9.17, 15) is 14.3 Å². The molecule has 0 aromatic heterocycles. The molecule has 0 fully saturated rings. The molecule has 22 heavy (non-hydrogen) atoms. The number of phenolic OH excluding ortho intramolecular Hbond substituents is 1. The van der Waals surface area contributed by atoms with Gasteiger partial charge in [-0.2, -0.15) is 0 Å². The minimum atomic E-state index is -0.285. The Balaban J connectivity index is 1.94. The Kier molecular flexibility index (Phi) is 5.53. The third-order valence-electron chi connectivity index (χ3n) is 3.62. The zero-order valence-corrected chi connectivity index (χ0v) is 12.6. The van der Waals surface area contributed by atoms with Crippen molar-refractivity contribution in [1.82, 2.24) is 4.90 Å². The average Bonchev–Trinajstić information content (AvgIpc) is 2.53. The van der Waals surface area contributed by atoms with E-state index in [-0.39, 0.29) is 24.0 Å². The van der Waals surface area contributed by atoms with E-state index in [0.717, 1.165) is 5.56 Å². The molecule has 0 aliphatic rings. The van der Waals surface area contributed by atoms with Gasteiger partial charge in [0.15, 0.2) is 0 Å². The van der Waals surface area contributed by atoms with Gasteiger partial charge in [0.25, 0.3) is 0 Å². The van der Waals surface area contributed by atoms with Gasteiger partial charge in [-0.05, 0) is 37.1 Å². The maximum atomic E-state index is 13.7. The highest BCUT2D eigenvalue weighted by Gasteiger charge is 2.14. The Labute approximate surface area is 130 Å². The molecular formula is C18H20FNO2. The van der Waals surface area contributed by atoms with Gasteiger partial charge in [-0.25, -0.2) is 4.39 Å². The molecule has 0 aliphatic carbocycles. The third-order valence-corrected chi connectivity index (χ3v) is 3.62. The number of amides is 1. The van der Waals surface area contributed by atoms with Crippen LogP contribution in [0.25, 0.3) is 0 Å². The fourth-order valence-electron chi connectivity index (χ4n) is 2.28. The third kappa shape index (κ3) is 4.32. The van der Waals surface area contributed by atoms with Crippen molar-refractivity contribution in [1.29, 1.82) is 0 Å². The first kappa shape index (κ1) is 16.0.